The van der Waals surface area contributed by atoms with E-state index in [2.05, 4.69) is 20.8 Å². The number of halogens is 1. The molecular weight excluding hydrogens is 346 g/mol. The molecule has 0 aliphatic rings. The number of nitrogens with one attached hydrogen (secondary N) is 1. The molecule has 1 amide bonds. The number of anilines is 1. The lowest BCUT2D eigenvalue weighted by Gasteiger charge is -2.12. The van der Waals surface area contributed by atoms with E-state index < -0.39 is 0 Å². The predicted molar refractivity (Wildman–Crippen MR) is 94.6 cm³/mol. The molecule has 1 N–H and O–H groups in total. The predicted octanol–water partition coefficient (Wildman–Crippen LogP) is 3.44. The quantitative estimate of drug-likeness (QED) is 0.706. The van der Waals surface area contributed by atoms with Gasteiger partial charge in [0.05, 0.1) is 10.9 Å². The minimum atomic E-state index is -0.377. The van der Waals surface area contributed by atoms with Crippen molar-refractivity contribution in [3.05, 3.63) is 59.6 Å². The Balaban J connectivity index is 1.70. The van der Waals surface area contributed by atoms with Crippen molar-refractivity contribution in [1.82, 2.24) is 20.2 Å². The molecule has 0 aliphatic carbocycles. The van der Waals surface area contributed by atoms with Crippen molar-refractivity contribution in [3.63, 3.8) is 0 Å². The van der Waals surface area contributed by atoms with Crippen molar-refractivity contribution in [2.45, 2.75) is 17.3 Å². The molecule has 24 heavy (non-hydrogen) atoms. The van der Waals surface area contributed by atoms with Gasteiger partial charge in [-0.05, 0) is 47.7 Å². The lowest BCUT2D eigenvalue weighted by molar-refractivity contribution is -0.115. The van der Waals surface area contributed by atoms with Gasteiger partial charge in [0.15, 0.2) is 0 Å². The van der Waals surface area contributed by atoms with Crippen molar-refractivity contribution in [2.75, 3.05) is 5.32 Å². The fourth-order valence-corrected chi connectivity index (χ4v) is 3.00. The second-order valence-corrected chi connectivity index (χ2v) is 6.71. The summed E-state index contributed by atoms with van der Waals surface area (Å²) in [5.74, 6) is -0.148. The van der Waals surface area contributed by atoms with Crippen LogP contribution in [0.2, 0.25) is 5.02 Å². The summed E-state index contributed by atoms with van der Waals surface area (Å²) in [5, 5.41) is 15.3. The highest BCUT2D eigenvalue weighted by molar-refractivity contribution is 8.00. The fraction of sp³-hybridized carbons (Fsp3) is 0.125. The van der Waals surface area contributed by atoms with Crippen LogP contribution < -0.4 is 5.32 Å². The lowest BCUT2D eigenvalue weighted by atomic mass is 10.3. The van der Waals surface area contributed by atoms with Crippen molar-refractivity contribution >= 4 is 35.0 Å². The SMILES string of the molecule is C[C@@H](Sc1nnnn1-c1ccccc1)C(=O)Nc1cccc(Cl)c1. The van der Waals surface area contributed by atoms with Gasteiger partial charge < -0.3 is 5.32 Å². The summed E-state index contributed by atoms with van der Waals surface area (Å²) in [4.78, 5) is 12.3. The molecular formula is C16H14ClN5OS. The zero-order chi connectivity index (χ0) is 16.9. The third kappa shape index (κ3) is 3.93. The molecule has 0 unspecified atom stereocenters. The summed E-state index contributed by atoms with van der Waals surface area (Å²) in [6.45, 7) is 1.80. The maximum Gasteiger partial charge on any atom is 0.237 e. The third-order valence-corrected chi connectivity index (χ3v) is 4.45. The van der Waals surface area contributed by atoms with Gasteiger partial charge in [0.25, 0.3) is 0 Å². The second-order valence-electron chi connectivity index (χ2n) is 4.97. The van der Waals surface area contributed by atoms with Crippen LogP contribution in [0.25, 0.3) is 5.69 Å². The van der Waals surface area contributed by atoms with Gasteiger partial charge in [-0.25, -0.2) is 0 Å². The van der Waals surface area contributed by atoms with E-state index in [-0.39, 0.29) is 11.2 Å². The van der Waals surface area contributed by atoms with E-state index in [9.17, 15) is 4.79 Å². The number of hydrogen-bond donors (Lipinski definition) is 1. The Kier molecular flexibility index (Phi) is 5.12. The van der Waals surface area contributed by atoms with E-state index >= 15 is 0 Å². The highest BCUT2D eigenvalue weighted by Crippen LogP contribution is 2.24. The number of carbonyl (C=O) groups excluding carboxylic acids is 1. The third-order valence-electron chi connectivity index (χ3n) is 3.19. The van der Waals surface area contributed by atoms with Crippen LogP contribution in [-0.2, 0) is 4.79 Å². The molecule has 1 aromatic heterocycles. The Morgan fingerprint density at radius 1 is 1.21 bits per heavy atom. The molecule has 8 heteroatoms. The molecule has 0 saturated heterocycles. The average molecular weight is 360 g/mol. The Bertz CT molecular complexity index is 839. The Hall–Kier alpha value is -2.38. The normalized spacial score (nSPS) is 11.9. The average Bonchev–Trinajstić information content (AvgIpc) is 3.03. The summed E-state index contributed by atoms with van der Waals surface area (Å²) in [7, 11) is 0. The van der Waals surface area contributed by atoms with Crippen LogP contribution in [0.4, 0.5) is 5.69 Å². The van der Waals surface area contributed by atoms with Crippen LogP contribution in [0, 0.1) is 0 Å². The van der Waals surface area contributed by atoms with Crippen molar-refractivity contribution in [2.24, 2.45) is 0 Å². The Morgan fingerprint density at radius 2 is 2.00 bits per heavy atom. The molecule has 6 nitrogen and oxygen atoms in total. The largest absolute Gasteiger partial charge is 0.325 e. The smallest absolute Gasteiger partial charge is 0.237 e. The van der Waals surface area contributed by atoms with Crippen LogP contribution in [0.15, 0.2) is 59.8 Å². The van der Waals surface area contributed by atoms with Gasteiger partial charge in [0.1, 0.15) is 0 Å². The first-order chi connectivity index (χ1) is 11.6. The molecule has 0 saturated carbocycles. The number of para-hydroxylation sites is 1. The lowest BCUT2D eigenvalue weighted by Crippen LogP contribution is -2.22. The number of carbonyl (C=O) groups is 1. The van der Waals surface area contributed by atoms with Gasteiger partial charge in [-0.2, -0.15) is 4.68 Å². The van der Waals surface area contributed by atoms with Gasteiger partial charge in [-0.3, -0.25) is 4.79 Å². The number of aromatic nitrogens is 4. The Morgan fingerprint density at radius 3 is 2.75 bits per heavy atom. The molecule has 0 radical (unpaired) electrons. The molecule has 0 spiro atoms. The minimum absolute atomic E-state index is 0.148. The van der Waals surface area contributed by atoms with Gasteiger partial charge in [0.2, 0.25) is 11.1 Å². The first kappa shape index (κ1) is 16.5. The van der Waals surface area contributed by atoms with Crippen LogP contribution >= 0.6 is 23.4 Å². The van der Waals surface area contributed by atoms with E-state index in [0.717, 1.165) is 5.69 Å². The molecule has 0 aliphatic heterocycles. The number of hydrogen-bond acceptors (Lipinski definition) is 5. The van der Waals surface area contributed by atoms with Crippen molar-refractivity contribution in [3.8, 4) is 5.69 Å². The number of thioether (sulfide) groups is 1. The zero-order valence-electron chi connectivity index (χ0n) is 12.8. The van der Waals surface area contributed by atoms with E-state index in [1.165, 1.54) is 11.8 Å². The van der Waals surface area contributed by atoms with Crippen LogP contribution in [0.3, 0.4) is 0 Å². The van der Waals surface area contributed by atoms with Crippen molar-refractivity contribution < 1.29 is 4.79 Å². The second kappa shape index (κ2) is 7.46. The highest BCUT2D eigenvalue weighted by atomic mass is 35.5. The zero-order valence-corrected chi connectivity index (χ0v) is 14.3. The minimum Gasteiger partial charge on any atom is -0.325 e. The molecule has 3 aromatic rings. The van der Waals surface area contributed by atoms with Gasteiger partial charge in [-0.15, -0.1) is 5.10 Å². The van der Waals surface area contributed by atoms with E-state index in [4.69, 9.17) is 11.6 Å². The monoisotopic (exact) mass is 359 g/mol. The van der Waals surface area contributed by atoms with Gasteiger partial charge in [0, 0.05) is 10.7 Å². The first-order valence-electron chi connectivity index (χ1n) is 7.20. The summed E-state index contributed by atoms with van der Waals surface area (Å²) in [6, 6.07) is 16.5. The number of benzene rings is 2. The summed E-state index contributed by atoms with van der Waals surface area (Å²) >= 11 is 7.21. The standard InChI is InChI=1S/C16H14ClN5OS/c1-11(15(23)18-13-7-5-6-12(17)10-13)24-16-19-20-21-22(16)14-8-3-2-4-9-14/h2-11H,1H3,(H,18,23)/t11-/m1/s1. The number of amides is 1. The van der Waals surface area contributed by atoms with E-state index in [1.54, 1.807) is 35.9 Å². The van der Waals surface area contributed by atoms with E-state index in [1.807, 2.05) is 30.3 Å². The molecule has 1 atom stereocenters. The molecule has 1 heterocycles. The van der Waals surface area contributed by atoms with Crippen LogP contribution in [-0.4, -0.2) is 31.4 Å². The fourth-order valence-electron chi connectivity index (χ4n) is 2.01. The van der Waals surface area contributed by atoms with Crippen LogP contribution in [0.5, 0.6) is 0 Å². The topological polar surface area (TPSA) is 72.7 Å². The highest BCUT2D eigenvalue weighted by Gasteiger charge is 2.19. The Labute approximate surface area is 148 Å². The maximum absolute atomic E-state index is 12.3. The number of tetrazole rings is 1. The summed E-state index contributed by atoms with van der Waals surface area (Å²) in [5.41, 5.74) is 1.50. The van der Waals surface area contributed by atoms with Gasteiger partial charge >= 0.3 is 0 Å². The van der Waals surface area contributed by atoms with Crippen LogP contribution in [0.1, 0.15) is 6.92 Å². The van der Waals surface area contributed by atoms with E-state index in [0.29, 0.717) is 15.9 Å². The van der Waals surface area contributed by atoms with Gasteiger partial charge in [-0.1, -0.05) is 47.6 Å². The molecule has 0 bridgehead atoms. The first-order valence-corrected chi connectivity index (χ1v) is 8.46. The molecule has 0 fully saturated rings. The number of nitrogens with zero attached hydrogens (tertiary/aromatic N) is 4. The maximum atomic E-state index is 12.3. The summed E-state index contributed by atoms with van der Waals surface area (Å²) < 4.78 is 1.60. The summed E-state index contributed by atoms with van der Waals surface area (Å²) in [6.07, 6.45) is 0. The number of rotatable bonds is 5. The molecule has 2 aromatic carbocycles. The van der Waals surface area contributed by atoms with Crippen molar-refractivity contribution in [1.29, 1.82) is 0 Å². The molecule has 3 rings (SSSR count). The molecule has 122 valence electrons.